The summed E-state index contributed by atoms with van der Waals surface area (Å²) in [7, 11) is 0. The smallest absolute Gasteiger partial charge is 0.0545 e. The van der Waals surface area contributed by atoms with E-state index in [0.717, 1.165) is 0 Å². The fourth-order valence-electron chi connectivity index (χ4n) is 2.98. The van der Waals surface area contributed by atoms with Crippen molar-refractivity contribution in [2.75, 3.05) is 11.4 Å². The molecular weight excluding hydrogens is 218 g/mol. The van der Waals surface area contributed by atoms with Gasteiger partial charge in [-0.25, -0.2) is 0 Å². The molecule has 0 spiro atoms. The zero-order chi connectivity index (χ0) is 12.4. The third-order valence-electron chi connectivity index (χ3n) is 3.89. The van der Waals surface area contributed by atoms with Gasteiger partial charge in [-0.2, -0.15) is 0 Å². The zero-order valence-corrected chi connectivity index (χ0v) is 10.8. The Labute approximate surface area is 109 Å². The number of rotatable bonds is 2. The molecule has 1 aliphatic rings. The Hall–Kier alpha value is -1.76. The van der Waals surface area contributed by atoms with Crippen LogP contribution in [0.2, 0.25) is 0 Å². The van der Waals surface area contributed by atoms with Crippen molar-refractivity contribution in [1.82, 2.24) is 0 Å². The van der Waals surface area contributed by atoms with Crippen molar-refractivity contribution in [3.05, 3.63) is 65.7 Å². The first-order valence-electron chi connectivity index (χ1n) is 6.73. The van der Waals surface area contributed by atoms with E-state index in [4.69, 9.17) is 0 Å². The molecule has 92 valence electrons. The molecule has 0 aliphatic carbocycles. The van der Waals surface area contributed by atoms with Crippen LogP contribution in [0.25, 0.3) is 0 Å². The second-order valence-corrected chi connectivity index (χ2v) is 5.04. The molecule has 3 rings (SSSR count). The Balaban J connectivity index is 1.95. The summed E-state index contributed by atoms with van der Waals surface area (Å²) >= 11 is 0. The second-order valence-electron chi connectivity index (χ2n) is 5.04. The minimum atomic E-state index is 0.550. The maximum absolute atomic E-state index is 2.54. The van der Waals surface area contributed by atoms with Gasteiger partial charge in [-0.3, -0.25) is 0 Å². The normalized spacial score (nSPS) is 19.2. The molecule has 0 aromatic heterocycles. The summed E-state index contributed by atoms with van der Waals surface area (Å²) < 4.78 is 0. The molecule has 1 fully saturated rings. The predicted molar refractivity (Wildman–Crippen MR) is 76.9 cm³/mol. The third kappa shape index (κ3) is 2.01. The molecule has 0 radical (unpaired) electrons. The summed E-state index contributed by atoms with van der Waals surface area (Å²) in [5, 5.41) is 0. The Morgan fingerprint density at radius 2 is 1.67 bits per heavy atom. The van der Waals surface area contributed by atoms with Gasteiger partial charge < -0.3 is 4.90 Å². The van der Waals surface area contributed by atoms with Gasteiger partial charge in [-0.15, -0.1) is 0 Å². The highest BCUT2D eigenvalue weighted by Gasteiger charge is 2.26. The fraction of sp³-hybridized carbons (Fsp3) is 0.294. The van der Waals surface area contributed by atoms with Gasteiger partial charge in [0, 0.05) is 12.2 Å². The number of hydrogen-bond acceptors (Lipinski definition) is 1. The molecule has 1 nitrogen and oxygen atoms in total. The Morgan fingerprint density at radius 1 is 0.944 bits per heavy atom. The molecule has 0 amide bonds. The van der Waals surface area contributed by atoms with Crippen LogP contribution in [0.5, 0.6) is 0 Å². The minimum Gasteiger partial charge on any atom is -0.364 e. The average Bonchev–Trinajstić information content (AvgIpc) is 2.89. The standard InChI is InChI=1S/C17H19N/c1-14-8-5-6-11-16(14)17-12-7-13-18(17)15-9-3-2-4-10-15/h2-6,8-11,17H,7,12-13H2,1H3/t17-/m0/s1. The number of benzene rings is 2. The van der Waals surface area contributed by atoms with Crippen molar-refractivity contribution in [2.24, 2.45) is 0 Å². The molecule has 1 atom stereocenters. The van der Waals surface area contributed by atoms with E-state index in [2.05, 4.69) is 66.4 Å². The molecule has 1 heteroatoms. The minimum absolute atomic E-state index is 0.550. The van der Waals surface area contributed by atoms with E-state index in [1.165, 1.54) is 36.2 Å². The first kappa shape index (κ1) is 11.3. The molecule has 0 bridgehead atoms. The van der Waals surface area contributed by atoms with Gasteiger partial charge in [0.25, 0.3) is 0 Å². The maximum atomic E-state index is 2.54. The summed E-state index contributed by atoms with van der Waals surface area (Å²) in [4.78, 5) is 2.54. The third-order valence-corrected chi connectivity index (χ3v) is 3.89. The molecule has 0 N–H and O–H groups in total. The molecule has 0 saturated carbocycles. The van der Waals surface area contributed by atoms with Gasteiger partial charge in [-0.05, 0) is 43.0 Å². The van der Waals surface area contributed by atoms with E-state index in [9.17, 15) is 0 Å². The summed E-state index contributed by atoms with van der Waals surface area (Å²) in [6.45, 7) is 3.39. The Bertz CT molecular complexity index is 518. The van der Waals surface area contributed by atoms with E-state index in [1.54, 1.807) is 0 Å². The Morgan fingerprint density at radius 3 is 2.44 bits per heavy atom. The highest BCUT2D eigenvalue weighted by Crippen LogP contribution is 2.36. The van der Waals surface area contributed by atoms with E-state index in [1.807, 2.05) is 0 Å². The summed E-state index contributed by atoms with van der Waals surface area (Å²) in [6.07, 6.45) is 2.55. The number of hydrogen-bond donors (Lipinski definition) is 0. The highest BCUT2D eigenvalue weighted by atomic mass is 15.2. The lowest BCUT2D eigenvalue weighted by atomic mass is 9.99. The molecule has 2 aromatic carbocycles. The van der Waals surface area contributed by atoms with Crippen molar-refractivity contribution in [3.8, 4) is 0 Å². The molecule has 0 unspecified atom stereocenters. The van der Waals surface area contributed by atoms with Crippen LogP contribution < -0.4 is 4.90 Å². The van der Waals surface area contributed by atoms with Crippen LogP contribution >= 0.6 is 0 Å². The van der Waals surface area contributed by atoms with Crippen LogP contribution in [0, 0.1) is 6.92 Å². The number of aryl methyl sites for hydroxylation is 1. The molecule has 1 saturated heterocycles. The quantitative estimate of drug-likeness (QED) is 0.751. The first-order valence-corrected chi connectivity index (χ1v) is 6.73. The fourth-order valence-corrected chi connectivity index (χ4v) is 2.98. The molecule has 1 heterocycles. The number of para-hydroxylation sites is 1. The van der Waals surface area contributed by atoms with Crippen LogP contribution in [0.1, 0.15) is 30.0 Å². The molecule has 18 heavy (non-hydrogen) atoms. The van der Waals surface area contributed by atoms with Crippen LogP contribution in [0.15, 0.2) is 54.6 Å². The van der Waals surface area contributed by atoms with Crippen LogP contribution in [-0.4, -0.2) is 6.54 Å². The van der Waals surface area contributed by atoms with Gasteiger partial charge in [0.05, 0.1) is 6.04 Å². The van der Waals surface area contributed by atoms with Gasteiger partial charge in [-0.1, -0.05) is 42.5 Å². The van der Waals surface area contributed by atoms with Crippen molar-refractivity contribution in [2.45, 2.75) is 25.8 Å². The summed E-state index contributed by atoms with van der Waals surface area (Å²) in [6, 6.07) is 20.1. The summed E-state index contributed by atoms with van der Waals surface area (Å²) in [5.74, 6) is 0. The molecular formula is C17H19N. The lowest BCUT2D eigenvalue weighted by molar-refractivity contribution is 0.714. The van der Waals surface area contributed by atoms with Gasteiger partial charge in [0.2, 0.25) is 0 Å². The van der Waals surface area contributed by atoms with Crippen LogP contribution in [0.4, 0.5) is 5.69 Å². The van der Waals surface area contributed by atoms with Gasteiger partial charge >= 0.3 is 0 Å². The Kier molecular flexibility index (Phi) is 3.06. The predicted octanol–water partition coefficient (Wildman–Crippen LogP) is 4.34. The average molecular weight is 237 g/mol. The lowest BCUT2D eigenvalue weighted by Gasteiger charge is -2.28. The lowest BCUT2D eigenvalue weighted by Crippen LogP contribution is -2.22. The zero-order valence-electron chi connectivity index (χ0n) is 10.8. The van der Waals surface area contributed by atoms with Crippen molar-refractivity contribution >= 4 is 5.69 Å². The van der Waals surface area contributed by atoms with E-state index < -0.39 is 0 Å². The van der Waals surface area contributed by atoms with Crippen molar-refractivity contribution in [1.29, 1.82) is 0 Å². The van der Waals surface area contributed by atoms with Crippen molar-refractivity contribution < 1.29 is 0 Å². The van der Waals surface area contributed by atoms with E-state index >= 15 is 0 Å². The van der Waals surface area contributed by atoms with Gasteiger partial charge in [0.1, 0.15) is 0 Å². The van der Waals surface area contributed by atoms with Crippen LogP contribution in [0.3, 0.4) is 0 Å². The van der Waals surface area contributed by atoms with E-state index in [0.29, 0.717) is 6.04 Å². The second kappa shape index (κ2) is 4.85. The van der Waals surface area contributed by atoms with E-state index in [-0.39, 0.29) is 0 Å². The molecule has 2 aromatic rings. The largest absolute Gasteiger partial charge is 0.364 e. The monoisotopic (exact) mass is 237 g/mol. The maximum Gasteiger partial charge on any atom is 0.0545 e. The number of nitrogens with zero attached hydrogens (tertiary/aromatic N) is 1. The molecule has 1 aliphatic heterocycles. The van der Waals surface area contributed by atoms with Crippen molar-refractivity contribution in [3.63, 3.8) is 0 Å². The van der Waals surface area contributed by atoms with Gasteiger partial charge in [0.15, 0.2) is 0 Å². The first-order chi connectivity index (χ1) is 8.86. The highest BCUT2D eigenvalue weighted by molar-refractivity contribution is 5.50. The number of anilines is 1. The summed E-state index contributed by atoms with van der Waals surface area (Å²) in [5.41, 5.74) is 4.24. The topological polar surface area (TPSA) is 3.24 Å². The SMILES string of the molecule is Cc1ccccc1[C@@H]1CCCN1c1ccccc1. The van der Waals surface area contributed by atoms with Crippen LogP contribution in [-0.2, 0) is 0 Å².